The number of hydrogen-bond donors (Lipinski definition) is 1. The summed E-state index contributed by atoms with van der Waals surface area (Å²) in [6, 6.07) is 8.82. The van der Waals surface area contributed by atoms with Gasteiger partial charge in [0.25, 0.3) is 0 Å². The lowest BCUT2D eigenvalue weighted by molar-refractivity contribution is 0.249. The maximum atomic E-state index is 15.3. The molecule has 0 radical (unpaired) electrons. The number of aryl methyl sites for hydroxylation is 1. The molecule has 2 N–H and O–H groups in total. The molecule has 2 aromatic heterocycles. The third-order valence-corrected chi connectivity index (χ3v) is 7.80. The number of halogens is 3. The molecule has 182 valence electrons. The second kappa shape index (κ2) is 9.78. The average molecular weight is 532 g/mol. The number of rotatable bonds is 5. The molecule has 0 spiro atoms. The van der Waals surface area contributed by atoms with Crippen molar-refractivity contribution >= 4 is 56.3 Å². The van der Waals surface area contributed by atoms with Gasteiger partial charge in [0.15, 0.2) is 10.6 Å². The number of aromatic nitrogens is 2. The first-order valence-corrected chi connectivity index (χ1v) is 13.0. The monoisotopic (exact) mass is 531 g/mol. The van der Waals surface area contributed by atoms with E-state index in [2.05, 4.69) is 9.88 Å². The summed E-state index contributed by atoms with van der Waals surface area (Å²) in [5.74, 6) is -0.398. The van der Waals surface area contributed by atoms with Gasteiger partial charge in [-0.25, -0.2) is 9.37 Å². The number of anilines is 2. The van der Waals surface area contributed by atoms with Gasteiger partial charge in [0, 0.05) is 56.2 Å². The Morgan fingerprint density at radius 2 is 1.89 bits per heavy atom. The molecular weight excluding hydrogens is 508 g/mol. The van der Waals surface area contributed by atoms with Crippen molar-refractivity contribution in [3.63, 3.8) is 0 Å². The van der Waals surface area contributed by atoms with Crippen LogP contribution in [0.4, 0.5) is 15.2 Å². The van der Waals surface area contributed by atoms with Crippen LogP contribution in [0.1, 0.15) is 12.5 Å². The van der Waals surface area contributed by atoms with Gasteiger partial charge >= 0.3 is 0 Å². The summed E-state index contributed by atoms with van der Waals surface area (Å²) in [7, 11) is 0. The van der Waals surface area contributed by atoms with Gasteiger partial charge in [0.05, 0.1) is 32.5 Å². The van der Waals surface area contributed by atoms with Gasteiger partial charge in [-0.15, -0.1) is 11.3 Å². The molecule has 1 fully saturated rings. The van der Waals surface area contributed by atoms with Crippen molar-refractivity contribution < 1.29 is 4.39 Å². The van der Waals surface area contributed by atoms with Crippen LogP contribution in [0.3, 0.4) is 0 Å². The number of hydrogen-bond acceptors (Lipinski definition) is 6. The van der Waals surface area contributed by atoms with Crippen LogP contribution in [0.15, 0.2) is 46.7 Å². The number of benzene rings is 2. The number of nitrogens with zero attached hydrogens (tertiary/aromatic N) is 4. The maximum absolute atomic E-state index is 15.3. The van der Waals surface area contributed by atoms with Crippen LogP contribution in [0, 0.1) is 5.82 Å². The Balaban J connectivity index is 1.40. The van der Waals surface area contributed by atoms with E-state index in [1.54, 1.807) is 17.6 Å². The number of nitrogens with two attached hydrogens (primary N) is 1. The lowest BCUT2D eigenvalue weighted by Gasteiger charge is -2.36. The van der Waals surface area contributed by atoms with Gasteiger partial charge in [0.1, 0.15) is 5.82 Å². The molecule has 1 saturated heterocycles. The van der Waals surface area contributed by atoms with Crippen molar-refractivity contribution in [3.8, 4) is 11.3 Å². The summed E-state index contributed by atoms with van der Waals surface area (Å²) in [6.07, 6.45) is 1.79. The zero-order valence-electron chi connectivity index (χ0n) is 19.1. The molecule has 2 aromatic carbocycles. The normalized spacial score (nSPS) is 14.7. The minimum atomic E-state index is -0.398. The molecule has 0 atom stereocenters. The summed E-state index contributed by atoms with van der Waals surface area (Å²) >= 11 is 13.4. The quantitative estimate of drug-likeness (QED) is 0.368. The highest BCUT2D eigenvalue weighted by molar-refractivity contribution is 7.13. The Hall–Kier alpha value is -2.65. The molecule has 5 rings (SSSR count). The molecular formula is C25H24Cl2FN5OS. The molecule has 0 saturated carbocycles. The fraction of sp³-hybridized carbons (Fsp3) is 0.280. The Labute approximate surface area is 216 Å². The average Bonchev–Trinajstić information content (AvgIpc) is 3.28. The lowest BCUT2D eigenvalue weighted by Crippen LogP contribution is -2.46. The van der Waals surface area contributed by atoms with Crippen LogP contribution in [0.2, 0.25) is 10.0 Å². The molecule has 4 aromatic rings. The summed E-state index contributed by atoms with van der Waals surface area (Å²) < 4.78 is 17.3. The highest BCUT2D eigenvalue weighted by atomic mass is 35.5. The molecule has 3 heterocycles. The van der Waals surface area contributed by atoms with Crippen molar-refractivity contribution in [2.75, 3.05) is 36.8 Å². The second-order valence-electron chi connectivity index (χ2n) is 8.56. The van der Waals surface area contributed by atoms with E-state index in [0.717, 1.165) is 25.2 Å². The van der Waals surface area contributed by atoms with Crippen LogP contribution in [-0.2, 0) is 13.1 Å². The van der Waals surface area contributed by atoms with E-state index in [0.29, 0.717) is 62.7 Å². The first kappa shape index (κ1) is 24.1. The van der Waals surface area contributed by atoms with Crippen LogP contribution in [0.25, 0.3) is 22.2 Å². The smallest absolute Gasteiger partial charge is 0.198 e. The van der Waals surface area contributed by atoms with Crippen LogP contribution in [-0.4, -0.2) is 40.6 Å². The van der Waals surface area contributed by atoms with Crippen molar-refractivity contribution in [2.24, 2.45) is 0 Å². The number of pyridine rings is 1. The molecule has 1 aliphatic heterocycles. The van der Waals surface area contributed by atoms with Crippen molar-refractivity contribution in [3.05, 3.63) is 73.6 Å². The van der Waals surface area contributed by atoms with Gasteiger partial charge < -0.3 is 15.2 Å². The van der Waals surface area contributed by atoms with E-state index in [-0.39, 0.29) is 5.43 Å². The standard InChI is InChI=1S/C25H24Cl2FN5OS/c1-2-32-13-17(21-14-35-25(29)30-21)24(34)16-10-20(28)23(11-22(16)32)33-7-5-31(6-8-33)12-15-3-4-18(26)19(27)9-15/h3-4,9-11,13-14H,2,5-8,12H2,1H3,(H2,29,30). The molecule has 0 amide bonds. The highest BCUT2D eigenvalue weighted by Crippen LogP contribution is 2.29. The van der Waals surface area contributed by atoms with Crippen LogP contribution >= 0.6 is 34.5 Å². The van der Waals surface area contributed by atoms with Crippen molar-refractivity contribution in [1.29, 1.82) is 0 Å². The van der Waals surface area contributed by atoms with Crippen LogP contribution in [0.5, 0.6) is 0 Å². The third kappa shape index (κ3) is 4.76. The molecule has 1 aliphatic rings. The third-order valence-electron chi connectivity index (χ3n) is 6.39. The topological polar surface area (TPSA) is 67.4 Å². The maximum Gasteiger partial charge on any atom is 0.198 e. The summed E-state index contributed by atoms with van der Waals surface area (Å²) in [6.45, 7) is 6.29. The predicted octanol–water partition coefficient (Wildman–Crippen LogP) is 5.50. The first-order chi connectivity index (χ1) is 16.8. The number of piperazine rings is 1. The molecule has 6 nitrogen and oxygen atoms in total. The zero-order valence-corrected chi connectivity index (χ0v) is 21.4. The van der Waals surface area contributed by atoms with E-state index in [4.69, 9.17) is 28.9 Å². The number of nitrogen functional groups attached to an aromatic ring is 1. The van der Waals surface area contributed by atoms with Crippen LogP contribution < -0.4 is 16.1 Å². The number of fused-ring (bicyclic) bond motifs is 1. The van der Waals surface area contributed by atoms with Crippen molar-refractivity contribution in [1.82, 2.24) is 14.5 Å². The number of thiazole rings is 1. The lowest BCUT2D eigenvalue weighted by atomic mass is 10.1. The summed E-state index contributed by atoms with van der Waals surface area (Å²) in [5.41, 5.74) is 8.77. The second-order valence-corrected chi connectivity index (χ2v) is 10.3. The van der Waals surface area contributed by atoms with E-state index >= 15 is 4.39 Å². The largest absolute Gasteiger partial charge is 0.375 e. The van der Waals surface area contributed by atoms with Gasteiger partial charge in [-0.3, -0.25) is 9.69 Å². The van der Waals surface area contributed by atoms with Gasteiger partial charge in [-0.1, -0.05) is 29.3 Å². The molecule has 10 heteroatoms. The van der Waals surface area contributed by atoms with Gasteiger partial charge in [-0.2, -0.15) is 0 Å². The Morgan fingerprint density at radius 1 is 1.11 bits per heavy atom. The van der Waals surface area contributed by atoms with Crippen molar-refractivity contribution in [2.45, 2.75) is 20.0 Å². The molecule has 35 heavy (non-hydrogen) atoms. The predicted molar refractivity (Wildman–Crippen MR) is 143 cm³/mol. The fourth-order valence-corrected chi connectivity index (χ4v) is 5.42. The van der Waals surface area contributed by atoms with E-state index in [1.165, 1.54) is 17.4 Å². The summed E-state index contributed by atoms with van der Waals surface area (Å²) in [5, 5.41) is 3.57. The Kier molecular flexibility index (Phi) is 6.72. The minimum absolute atomic E-state index is 0.244. The molecule has 0 aliphatic carbocycles. The zero-order chi connectivity index (χ0) is 24.7. The van der Waals surface area contributed by atoms with E-state index in [9.17, 15) is 4.79 Å². The minimum Gasteiger partial charge on any atom is -0.375 e. The van der Waals surface area contributed by atoms with Gasteiger partial charge in [0.2, 0.25) is 0 Å². The van der Waals surface area contributed by atoms with E-state index in [1.807, 2.05) is 34.6 Å². The highest BCUT2D eigenvalue weighted by Gasteiger charge is 2.22. The first-order valence-electron chi connectivity index (χ1n) is 11.3. The Bertz CT molecular complexity index is 1460. The van der Waals surface area contributed by atoms with Gasteiger partial charge in [-0.05, 0) is 36.8 Å². The van der Waals surface area contributed by atoms with E-state index < -0.39 is 5.82 Å². The molecule has 0 unspecified atom stereocenters. The Morgan fingerprint density at radius 3 is 2.54 bits per heavy atom. The fourth-order valence-electron chi connectivity index (χ4n) is 4.54. The molecule has 0 bridgehead atoms. The SMILES string of the molecule is CCn1cc(-c2csc(N)n2)c(=O)c2cc(F)c(N3CCN(Cc4ccc(Cl)c(Cl)c4)CC3)cc21. The summed E-state index contributed by atoms with van der Waals surface area (Å²) in [4.78, 5) is 21.8.